The standard InChI is InChI=1S/C18H28N4O3/c1-19-17(22(2)10-11-25-13-15-4-5-15)20-12-14-6-8-16(9-7-14)21-18(23)24-3/h6-9,15H,4-5,10-13H2,1-3H3,(H,19,20)(H,21,23). The van der Waals surface area contributed by atoms with E-state index in [9.17, 15) is 4.79 Å². The molecule has 7 nitrogen and oxygen atoms in total. The van der Waals surface area contributed by atoms with Crippen molar-refractivity contribution in [2.24, 2.45) is 10.9 Å². The van der Waals surface area contributed by atoms with Crippen molar-refractivity contribution in [3.05, 3.63) is 29.8 Å². The first-order chi connectivity index (χ1) is 12.1. The third-order valence-corrected chi connectivity index (χ3v) is 4.03. The van der Waals surface area contributed by atoms with Crippen LogP contribution in [-0.2, 0) is 16.0 Å². The van der Waals surface area contributed by atoms with Crippen LogP contribution < -0.4 is 10.6 Å². The number of methoxy groups -OCH3 is 1. The lowest BCUT2D eigenvalue weighted by Crippen LogP contribution is -2.40. The number of hydrogen-bond acceptors (Lipinski definition) is 4. The van der Waals surface area contributed by atoms with Gasteiger partial charge in [0.05, 0.1) is 13.7 Å². The zero-order valence-corrected chi connectivity index (χ0v) is 15.2. The number of benzene rings is 1. The number of nitrogens with one attached hydrogen (secondary N) is 2. The summed E-state index contributed by atoms with van der Waals surface area (Å²) in [5, 5.41) is 5.95. The first-order valence-electron chi connectivity index (χ1n) is 8.55. The first kappa shape index (κ1) is 19.1. The molecule has 1 aliphatic carbocycles. The maximum Gasteiger partial charge on any atom is 0.411 e. The molecule has 25 heavy (non-hydrogen) atoms. The van der Waals surface area contributed by atoms with Gasteiger partial charge in [0.25, 0.3) is 0 Å². The molecule has 0 spiro atoms. The summed E-state index contributed by atoms with van der Waals surface area (Å²) in [6.07, 6.45) is 2.15. The Bertz CT molecular complexity index is 570. The summed E-state index contributed by atoms with van der Waals surface area (Å²) in [6.45, 7) is 3.04. The molecule has 0 aliphatic heterocycles. The van der Waals surface area contributed by atoms with Gasteiger partial charge >= 0.3 is 6.09 Å². The molecule has 2 N–H and O–H groups in total. The molecular weight excluding hydrogens is 320 g/mol. The zero-order chi connectivity index (χ0) is 18.1. The van der Waals surface area contributed by atoms with Crippen LogP contribution in [0.5, 0.6) is 0 Å². The van der Waals surface area contributed by atoms with Crippen LogP contribution in [0.2, 0.25) is 0 Å². The highest BCUT2D eigenvalue weighted by molar-refractivity contribution is 5.84. The number of carbonyl (C=O) groups excluding carboxylic acids is 1. The third kappa shape index (κ3) is 7.01. The van der Waals surface area contributed by atoms with Gasteiger partial charge in [-0.25, -0.2) is 4.79 Å². The topological polar surface area (TPSA) is 75.2 Å². The van der Waals surface area contributed by atoms with Crippen LogP contribution >= 0.6 is 0 Å². The van der Waals surface area contributed by atoms with Crippen molar-refractivity contribution in [1.29, 1.82) is 0 Å². The van der Waals surface area contributed by atoms with E-state index in [0.29, 0.717) is 18.8 Å². The number of carbonyl (C=O) groups is 1. The Morgan fingerprint density at radius 3 is 2.64 bits per heavy atom. The van der Waals surface area contributed by atoms with E-state index in [-0.39, 0.29) is 0 Å². The highest BCUT2D eigenvalue weighted by Gasteiger charge is 2.21. The van der Waals surface area contributed by atoms with Gasteiger partial charge in [0.15, 0.2) is 5.96 Å². The number of anilines is 1. The Morgan fingerprint density at radius 1 is 1.32 bits per heavy atom. The maximum atomic E-state index is 11.2. The average molecular weight is 348 g/mol. The lowest BCUT2D eigenvalue weighted by atomic mass is 10.2. The quantitative estimate of drug-likeness (QED) is 0.428. The monoisotopic (exact) mass is 348 g/mol. The fourth-order valence-electron chi connectivity index (χ4n) is 2.28. The SMILES string of the molecule is CN=C(NCc1ccc(NC(=O)OC)cc1)N(C)CCOCC1CC1. The summed E-state index contributed by atoms with van der Waals surface area (Å²) in [5.41, 5.74) is 1.79. The van der Waals surface area contributed by atoms with Gasteiger partial charge in [0.2, 0.25) is 0 Å². The second-order valence-corrected chi connectivity index (χ2v) is 6.15. The molecule has 2 rings (SSSR count). The summed E-state index contributed by atoms with van der Waals surface area (Å²) in [4.78, 5) is 17.5. The second kappa shape index (κ2) is 9.88. The first-order valence-corrected chi connectivity index (χ1v) is 8.55. The van der Waals surface area contributed by atoms with Gasteiger partial charge in [-0.05, 0) is 36.5 Å². The summed E-state index contributed by atoms with van der Waals surface area (Å²) in [6, 6.07) is 7.58. The number of hydrogen-bond donors (Lipinski definition) is 2. The van der Waals surface area contributed by atoms with E-state index in [1.165, 1.54) is 20.0 Å². The van der Waals surface area contributed by atoms with Crippen molar-refractivity contribution in [2.75, 3.05) is 46.3 Å². The van der Waals surface area contributed by atoms with E-state index in [1.54, 1.807) is 7.05 Å². The fraction of sp³-hybridized carbons (Fsp3) is 0.556. The van der Waals surface area contributed by atoms with Gasteiger partial charge in [0, 0.05) is 39.5 Å². The van der Waals surface area contributed by atoms with Crippen molar-refractivity contribution in [3.63, 3.8) is 0 Å². The smallest absolute Gasteiger partial charge is 0.411 e. The van der Waals surface area contributed by atoms with Gasteiger partial charge in [-0.3, -0.25) is 10.3 Å². The van der Waals surface area contributed by atoms with Gasteiger partial charge in [0.1, 0.15) is 0 Å². The molecular formula is C18H28N4O3. The van der Waals surface area contributed by atoms with Crippen molar-refractivity contribution in [2.45, 2.75) is 19.4 Å². The van der Waals surface area contributed by atoms with Crippen LogP contribution in [0.15, 0.2) is 29.3 Å². The van der Waals surface area contributed by atoms with Gasteiger partial charge < -0.3 is 19.7 Å². The minimum atomic E-state index is -0.475. The molecule has 138 valence electrons. The Hall–Kier alpha value is -2.28. The number of amides is 1. The van der Waals surface area contributed by atoms with Crippen LogP contribution in [0.1, 0.15) is 18.4 Å². The Kier molecular flexibility index (Phi) is 7.53. The molecule has 0 radical (unpaired) electrons. The van der Waals surface area contributed by atoms with Gasteiger partial charge in [-0.2, -0.15) is 0 Å². The number of guanidine groups is 1. The summed E-state index contributed by atoms with van der Waals surface area (Å²) in [5.74, 6) is 1.62. The summed E-state index contributed by atoms with van der Waals surface area (Å²) < 4.78 is 10.2. The van der Waals surface area contributed by atoms with Crippen molar-refractivity contribution < 1.29 is 14.3 Å². The summed E-state index contributed by atoms with van der Waals surface area (Å²) >= 11 is 0. The Balaban J connectivity index is 1.72. The number of ether oxygens (including phenoxy) is 2. The van der Waals surface area contributed by atoms with E-state index >= 15 is 0 Å². The molecule has 0 bridgehead atoms. The minimum absolute atomic E-state index is 0.475. The lowest BCUT2D eigenvalue weighted by Gasteiger charge is -2.22. The molecule has 0 heterocycles. The van der Waals surface area contributed by atoms with Crippen molar-refractivity contribution in [1.82, 2.24) is 10.2 Å². The van der Waals surface area contributed by atoms with E-state index in [4.69, 9.17) is 4.74 Å². The van der Waals surface area contributed by atoms with Gasteiger partial charge in [-0.1, -0.05) is 12.1 Å². The van der Waals surface area contributed by atoms with Crippen molar-refractivity contribution >= 4 is 17.7 Å². The van der Waals surface area contributed by atoms with Crippen LogP contribution in [-0.4, -0.2) is 57.9 Å². The van der Waals surface area contributed by atoms with E-state index in [2.05, 4.69) is 25.3 Å². The number of aliphatic imine (C=N–C) groups is 1. The number of likely N-dealkylation sites (N-methyl/N-ethyl adjacent to an activating group) is 1. The van der Waals surface area contributed by atoms with Crippen LogP contribution in [0.3, 0.4) is 0 Å². The van der Waals surface area contributed by atoms with E-state index in [0.717, 1.165) is 30.6 Å². The predicted octanol–water partition coefficient (Wildman–Crippen LogP) is 2.30. The minimum Gasteiger partial charge on any atom is -0.453 e. The molecule has 7 heteroatoms. The average Bonchev–Trinajstić information content (AvgIpc) is 3.45. The van der Waals surface area contributed by atoms with Crippen LogP contribution in [0, 0.1) is 5.92 Å². The molecule has 0 saturated heterocycles. The molecule has 1 aromatic carbocycles. The third-order valence-electron chi connectivity index (χ3n) is 4.03. The van der Waals surface area contributed by atoms with Crippen molar-refractivity contribution in [3.8, 4) is 0 Å². The molecule has 0 atom stereocenters. The second-order valence-electron chi connectivity index (χ2n) is 6.15. The molecule has 1 aliphatic rings. The van der Waals surface area contributed by atoms with Crippen LogP contribution in [0.4, 0.5) is 10.5 Å². The zero-order valence-electron chi connectivity index (χ0n) is 15.2. The highest BCUT2D eigenvalue weighted by atomic mass is 16.5. The fourth-order valence-corrected chi connectivity index (χ4v) is 2.28. The normalized spacial score (nSPS) is 14.1. The molecule has 1 aromatic rings. The summed E-state index contributed by atoms with van der Waals surface area (Å²) in [7, 11) is 5.11. The molecule has 1 saturated carbocycles. The predicted molar refractivity (Wildman–Crippen MR) is 98.8 cm³/mol. The molecule has 0 aromatic heterocycles. The highest BCUT2D eigenvalue weighted by Crippen LogP contribution is 2.28. The Labute approximate surface area is 149 Å². The lowest BCUT2D eigenvalue weighted by molar-refractivity contribution is 0.115. The molecule has 1 amide bonds. The maximum absolute atomic E-state index is 11.2. The largest absolute Gasteiger partial charge is 0.453 e. The number of rotatable bonds is 8. The van der Waals surface area contributed by atoms with Gasteiger partial charge in [-0.15, -0.1) is 0 Å². The molecule has 1 fully saturated rings. The van der Waals surface area contributed by atoms with E-state index in [1.807, 2.05) is 31.3 Å². The Morgan fingerprint density at radius 2 is 2.04 bits per heavy atom. The number of nitrogens with zero attached hydrogens (tertiary/aromatic N) is 2. The van der Waals surface area contributed by atoms with Crippen LogP contribution in [0.25, 0.3) is 0 Å². The van der Waals surface area contributed by atoms with E-state index < -0.39 is 6.09 Å². The molecule has 0 unspecified atom stereocenters.